The molecule has 0 amide bonds. The van der Waals surface area contributed by atoms with Gasteiger partial charge in [0.1, 0.15) is 0 Å². The molecule has 0 atom stereocenters. The van der Waals surface area contributed by atoms with Crippen LogP contribution in [0.15, 0.2) is 11.8 Å². The predicted octanol–water partition coefficient (Wildman–Crippen LogP) is 1.38. The Bertz CT molecular complexity index is 218. The summed E-state index contributed by atoms with van der Waals surface area (Å²) in [6, 6.07) is 0. The first-order valence-corrected chi connectivity index (χ1v) is 4.39. The summed E-state index contributed by atoms with van der Waals surface area (Å²) in [4.78, 5) is 1.83. The van der Waals surface area contributed by atoms with Crippen LogP contribution in [0.5, 0.6) is 0 Å². The highest BCUT2D eigenvalue weighted by Gasteiger charge is 2.11. The minimum absolute atomic E-state index is 0.334. The zero-order valence-corrected chi connectivity index (χ0v) is 9.79. The van der Waals surface area contributed by atoms with Crippen molar-refractivity contribution < 1.29 is 9.47 Å². The largest absolute Gasteiger partial charge is 0.486 e. The highest BCUT2D eigenvalue weighted by molar-refractivity contribution is 7.82. The van der Waals surface area contributed by atoms with Gasteiger partial charge in [-0.3, -0.25) is 0 Å². The third-order valence-electron chi connectivity index (χ3n) is 1.20. The Labute approximate surface area is 89.3 Å². The molecule has 0 aliphatic carbocycles. The molecule has 0 fully saturated rings. The topological polar surface area (TPSA) is 21.7 Å². The first-order chi connectivity index (χ1) is 6.02. The van der Waals surface area contributed by atoms with E-state index >= 15 is 0 Å². The number of hydrogen-bond donors (Lipinski definition) is 0. The molecule has 0 aliphatic rings. The molecule has 0 aromatic carbocycles. The number of thiocarbonyl (C=S) groups is 2. The summed E-state index contributed by atoms with van der Waals surface area (Å²) in [7, 11) is 6.75. The third-order valence-corrected chi connectivity index (χ3v) is 1.97. The fourth-order valence-corrected chi connectivity index (χ4v) is 1.02. The third kappa shape index (κ3) is 4.19. The van der Waals surface area contributed by atoms with Crippen LogP contribution >= 0.6 is 24.4 Å². The average molecular weight is 219 g/mol. The molecule has 0 rings (SSSR count). The summed E-state index contributed by atoms with van der Waals surface area (Å²) in [5.41, 5.74) is 0.611. The monoisotopic (exact) mass is 219 g/mol. The number of methoxy groups -OCH3 is 2. The van der Waals surface area contributed by atoms with E-state index in [0.717, 1.165) is 0 Å². The smallest absolute Gasteiger partial charge is 0.197 e. The van der Waals surface area contributed by atoms with Crippen LogP contribution in [-0.4, -0.2) is 43.3 Å². The molecule has 0 aromatic rings. The van der Waals surface area contributed by atoms with Gasteiger partial charge in [-0.2, -0.15) is 0 Å². The van der Waals surface area contributed by atoms with Gasteiger partial charge in [0.25, 0.3) is 0 Å². The normalized spacial score (nSPS) is 8.62. The lowest BCUT2D eigenvalue weighted by molar-refractivity contribution is 0.399. The van der Waals surface area contributed by atoms with Crippen LogP contribution in [0.25, 0.3) is 0 Å². The van der Waals surface area contributed by atoms with Crippen molar-refractivity contribution >= 4 is 34.5 Å². The molecule has 3 nitrogen and oxygen atoms in total. The maximum absolute atomic E-state index is 4.95. The van der Waals surface area contributed by atoms with Gasteiger partial charge >= 0.3 is 0 Å². The molecule has 0 aliphatic heterocycles. The Kier molecular flexibility index (Phi) is 5.57. The molecule has 0 heterocycles. The van der Waals surface area contributed by atoms with Crippen LogP contribution in [0.4, 0.5) is 0 Å². The lowest BCUT2D eigenvalue weighted by Crippen LogP contribution is -2.16. The second kappa shape index (κ2) is 5.88. The lowest BCUT2D eigenvalue weighted by atomic mass is 10.3. The van der Waals surface area contributed by atoms with Crippen molar-refractivity contribution in [3.63, 3.8) is 0 Å². The van der Waals surface area contributed by atoms with E-state index in [1.165, 1.54) is 14.2 Å². The van der Waals surface area contributed by atoms with Gasteiger partial charge < -0.3 is 14.4 Å². The Balaban J connectivity index is 4.75. The molecule has 0 bridgehead atoms. The van der Waals surface area contributed by atoms with Crippen molar-refractivity contribution in [3.05, 3.63) is 11.8 Å². The zero-order valence-electron chi connectivity index (χ0n) is 8.16. The lowest BCUT2D eigenvalue weighted by Gasteiger charge is -2.12. The van der Waals surface area contributed by atoms with Crippen LogP contribution in [0.1, 0.15) is 0 Å². The summed E-state index contributed by atoms with van der Waals surface area (Å²) in [5, 5.41) is 0.668. The minimum Gasteiger partial charge on any atom is -0.486 e. The highest BCUT2D eigenvalue weighted by atomic mass is 32.1. The number of rotatable bonds is 3. The standard InChI is InChI=1S/C8H13NO2S2/c1-9(2)5-6(7(12)10-3)8(13)11-4/h5H,1-4H3. The van der Waals surface area contributed by atoms with E-state index in [9.17, 15) is 0 Å². The van der Waals surface area contributed by atoms with Gasteiger partial charge in [0.05, 0.1) is 19.8 Å². The average Bonchev–Trinajstić information content (AvgIpc) is 2.11. The highest BCUT2D eigenvalue weighted by Crippen LogP contribution is 2.05. The molecule has 0 saturated heterocycles. The van der Waals surface area contributed by atoms with E-state index in [0.29, 0.717) is 15.7 Å². The van der Waals surface area contributed by atoms with Crippen molar-refractivity contribution in [2.24, 2.45) is 0 Å². The maximum Gasteiger partial charge on any atom is 0.197 e. The van der Waals surface area contributed by atoms with Crippen molar-refractivity contribution in [2.45, 2.75) is 0 Å². The summed E-state index contributed by atoms with van der Waals surface area (Å²) < 4.78 is 9.81. The molecule has 0 aromatic heterocycles. The predicted molar refractivity (Wildman–Crippen MR) is 61.0 cm³/mol. The Hall–Kier alpha value is -0.680. The van der Waals surface area contributed by atoms with Gasteiger partial charge in [0, 0.05) is 20.3 Å². The van der Waals surface area contributed by atoms with Crippen LogP contribution in [0.3, 0.4) is 0 Å². The van der Waals surface area contributed by atoms with Crippen LogP contribution < -0.4 is 0 Å². The first-order valence-electron chi connectivity index (χ1n) is 3.57. The maximum atomic E-state index is 4.95. The van der Waals surface area contributed by atoms with Crippen molar-refractivity contribution in [3.8, 4) is 0 Å². The number of ether oxygens (including phenoxy) is 2. The zero-order chi connectivity index (χ0) is 10.4. The van der Waals surface area contributed by atoms with E-state index < -0.39 is 0 Å². The molecule has 74 valence electrons. The summed E-state index contributed by atoms with van der Waals surface area (Å²) >= 11 is 9.91. The molecular formula is C8H13NO2S2. The molecule has 13 heavy (non-hydrogen) atoms. The van der Waals surface area contributed by atoms with E-state index in [1.54, 1.807) is 6.20 Å². The van der Waals surface area contributed by atoms with E-state index in [-0.39, 0.29) is 0 Å². The first kappa shape index (κ1) is 12.3. The Morgan fingerprint density at radius 2 is 1.46 bits per heavy atom. The Morgan fingerprint density at radius 3 is 1.69 bits per heavy atom. The van der Waals surface area contributed by atoms with Crippen LogP contribution in [0, 0.1) is 0 Å². The molecule has 5 heteroatoms. The van der Waals surface area contributed by atoms with E-state index in [4.69, 9.17) is 33.9 Å². The molecule has 0 N–H and O–H groups in total. The van der Waals surface area contributed by atoms with Crippen molar-refractivity contribution in [2.75, 3.05) is 28.3 Å². The Morgan fingerprint density at radius 1 is 1.08 bits per heavy atom. The van der Waals surface area contributed by atoms with Gasteiger partial charge in [0.15, 0.2) is 10.1 Å². The quantitative estimate of drug-likeness (QED) is 0.527. The van der Waals surface area contributed by atoms with Gasteiger partial charge in [-0.05, 0) is 24.4 Å². The van der Waals surface area contributed by atoms with Crippen LogP contribution in [-0.2, 0) is 9.47 Å². The van der Waals surface area contributed by atoms with Crippen LogP contribution in [0.2, 0.25) is 0 Å². The van der Waals surface area contributed by atoms with E-state index in [2.05, 4.69) is 0 Å². The van der Waals surface area contributed by atoms with Gasteiger partial charge in [-0.15, -0.1) is 0 Å². The van der Waals surface area contributed by atoms with Crippen molar-refractivity contribution in [1.29, 1.82) is 0 Å². The second-order valence-electron chi connectivity index (χ2n) is 2.49. The molecule has 0 radical (unpaired) electrons. The molecule has 0 unspecified atom stereocenters. The summed E-state index contributed by atoms with van der Waals surface area (Å²) in [6.45, 7) is 0. The molecule has 0 saturated carbocycles. The minimum atomic E-state index is 0.334. The van der Waals surface area contributed by atoms with Gasteiger partial charge in [-0.1, -0.05) is 0 Å². The SMILES string of the molecule is COC(=S)C(=CN(C)C)C(=S)OC. The summed E-state index contributed by atoms with van der Waals surface area (Å²) in [5.74, 6) is 0. The molecule has 0 spiro atoms. The number of nitrogens with zero attached hydrogens (tertiary/aromatic N) is 1. The van der Waals surface area contributed by atoms with Gasteiger partial charge in [0.2, 0.25) is 0 Å². The van der Waals surface area contributed by atoms with E-state index in [1.807, 2.05) is 19.0 Å². The molecular weight excluding hydrogens is 206 g/mol. The number of hydrogen-bond acceptors (Lipinski definition) is 5. The van der Waals surface area contributed by atoms with Crippen molar-refractivity contribution in [1.82, 2.24) is 4.90 Å². The second-order valence-corrected chi connectivity index (χ2v) is 3.23. The fourth-order valence-electron chi connectivity index (χ4n) is 0.667. The fraction of sp³-hybridized carbons (Fsp3) is 0.500. The summed E-state index contributed by atoms with van der Waals surface area (Å²) in [6.07, 6.45) is 1.76. The van der Waals surface area contributed by atoms with Gasteiger partial charge in [-0.25, -0.2) is 0 Å².